The van der Waals surface area contributed by atoms with Crippen LogP contribution < -0.4 is 9.64 Å². The van der Waals surface area contributed by atoms with E-state index in [0.717, 1.165) is 66.9 Å². The molecule has 5 rings (SSSR count). The molecular formula is C25H32N4O3. The minimum atomic E-state index is 0.0237. The molecule has 1 unspecified atom stereocenters. The highest BCUT2D eigenvalue weighted by Gasteiger charge is 2.31. The summed E-state index contributed by atoms with van der Waals surface area (Å²) in [7, 11) is 0. The molecule has 1 saturated carbocycles. The zero-order valence-electron chi connectivity index (χ0n) is 19.0. The van der Waals surface area contributed by atoms with Gasteiger partial charge in [0.25, 0.3) is 5.91 Å². The lowest BCUT2D eigenvalue weighted by Gasteiger charge is -2.36. The van der Waals surface area contributed by atoms with Gasteiger partial charge in [-0.05, 0) is 64.0 Å². The summed E-state index contributed by atoms with van der Waals surface area (Å²) in [4.78, 5) is 29.0. The van der Waals surface area contributed by atoms with Gasteiger partial charge in [-0.2, -0.15) is 5.10 Å². The second kappa shape index (κ2) is 8.60. The molecule has 1 aromatic carbocycles. The van der Waals surface area contributed by atoms with E-state index >= 15 is 0 Å². The molecular weight excluding hydrogens is 404 g/mol. The van der Waals surface area contributed by atoms with E-state index in [1.807, 2.05) is 32.8 Å². The van der Waals surface area contributed by atoms with E-state index in [0.29, 0.717) is 6.04 Å². The van der Waals surface area contributed by atoms with Gasteiger partial charge in [-0.1, -0.05) is 0 Å². The van der Waals surface area contributed by atoms with Crippen molar-refractivity contribution in [3.8, 4) is 16.9 Å². The third kappa shape index (κ3) is 4.00. The molecule has 2 amide bonds. The van der Waals surface area contributed by atoms with Crippen LogP contribution in [0.15, 0.2) is 24.5 Å². The Balaban J connectivity index is 1.49. The normalized spacial score (nSPS) is 20.8. The van der Waals surface area contributed by atoms with Crippen molar-refractivity contribution in [2.75, 3.05) is 24.6 Å². The molecule has 3 aliphatic rings. The molecule has 0 radical (unpaired) electrons. The number of carbonyl (C=O) groups excluding carboxylic acids is 2. The number of rotatable bonds is 5. The van der Waals surface area contributed by atoms with E-state index in [-0.39, 0.29) is 24.5 Å². The standard InChI is InChI=1S/C25H32N4O3/c1-17-6-9-22-23(29(17)18(2)30)11-10-21(19-14-26-28(15-19)20-7-8-20)25(22)32-16-24(31)27-12-4-3-5-13-27/h10-11,14-15,17,20H,3-9,12-13,16H2,1-2H3. The zero-order chi connectivity index (χ0) is 22.2. The average molecular weight is 437 g/mol. The SMILES string of the molecule is CC(=O)N1c2ccc(-c3cnn(C4CC4)c3)c(OCC(=O)N3CCCCC3)c2CCC1C. The van der Waals surface area contributed by atoms with E-state index in [1.165, 1.54) is 19.3 Å². The minimum Gasteiger partial charge on any atom is -0.483 e. The molecule has 2 aromatic rings. The number of aromatic nitrogens is 2. The maximum Gasteiger partial charge on any atom is 0.260 e. The highest BCUT2D eigenvalue weighted by Crippen LogP contribution is 2.44. The number of benzene rings is 1. The number of likely N-dealkylation sites (tertiary alicyclic amines) is 1. The van der Waals surface area contributed by atoms with Gasteiger partial charge < -0.3 is 14.5 Å². The van der Waals surface area contributed by atoms with Crippen molar-refractivity contribution in [2.24, 2.45) is 0 Å². The summed E-state index contributed by atoms with van der Waals surface area (Å²) in [6, 6.07) is 4.68. The first kappa shape index (κ1) is 21.0. The molecule has 7 heteroatoms. The molecule has 2 fully saturated rings. The largest absolute Gasteiger partial charge is 0.483 e. The molecule has 7 nitrogen and oxygen atoms in total. The van der Waals surface area contributed by atoms with Gasteiger partial charge in [-0.3, -0.25) is 14.3 Å². The number of hydrogen-bond donors (Lipinski definition) is 0. The van der Waals surface area contributed by atoms with E-state index < -0.39 is 0 Å². The smallest absolute Gasteiger partial charge is 0.260 e. The third-order valence-corrected chi connectivity index (χ3v) is 6.97. The molecule has 1 saturated heterocycles. The quantitative estimate of drug-likeness (QED) is 0.711. The van der Waals surface area contributed by atoms with Gasteiger partial charge >= 0.3 is 0 Å². The molecule has 2 aliphatic heterocycles. The molecule has 170 valence electrons. The van der Waals surface area contributed by atoms with E-state index in [2.05, 4.69) is 18.2 Å². The van der Waals surface area contributed by atoms with Crippen LogP contribution in [0.4, 0.5) is 5.69 Å². The lowest BCUT2D eigenvalue weighted by molar-refractivity contribution is -0.134. The Morgan fingerprint density at radius 3 is 2.62 bits per heavy atom. The first-order valence-electron chi connectivity index (χ1n) is 11.9. The molecule has 0 N–H and O–H groups in total. The monoisotopic (exact) mass is 436 g/mol. The third-order valence-electron chi connectivity index (χ3n) is 6.97. The minimum absolute atomic E-state index is 0.0237. The lowest BCUT2D eigenvalue weighted by atomic mass is 9.92. The van der Waals surface area contributed by atoms with Gasteiger partial charge in [-0.25, -0.2) is 0 Å². The van der Waals surface area contributed by atoms with Gasteiger partial charge in [-0.15, -0.1) is 0 Å². The fourth-order valence-electron chi connectivity index (χ4n) is 5.06. The number of carbonyl (C=O) groups is 2. The maximum absolute atomic E-state index is 12.8. The van der Waals surface area contributed by atoms with E-state index in [1.54, 1.807) is 6.92 Å². The molecule has 0 spiro atoms. The van der Waals surface area contributed by atoms with Crippen LogP contribution >= 0.6 is 0 Å². The summed E-state index contributed by atoms with van der Waals surface area (Å²) < 4.78 is 8.32. The predicted octanol–water partition coefficient (Wildman–Crippen LogP) is 3.96. The Morgan fingerprint density at radius 1 is 1.12 bits per heavy atom. The van der Waals surface area contributed by atoms with Crippen molar-refractivity contribution in [1.29, 1.82) is 0 Å². The summed E-state index contributed by atoms with van der Waals surface area (Å²) in [5.74, 6) is 0.791. The van der Waals surface area contributed by atoms with Crippen LogP contribution in [0, 0.1) is 0 Å². The molecule has 32 heavy (non-hydrogen) atoms. The number of amides is 2. The van der Waals surface area contributed by atoms with Crippen LogP contribution in [-0.2, 0) is 16.0 Å². The summed E-state index contributed by atoms with van der Waals surface area (Å²) >= 11 is 0. The van der Waals surface area contributed by atoms with Gasteiger partial charge in [0.2, 0.25) is 5.91 Å². The molecule has 1 atom stereocenters. The van der Waals surface area contributed by atoms with Crippen LogP contribution in [0.2, 0.25) is 0 Å². The number of anilines is 1. The van der Waals surface area contributed by atoms with Crippen LogP contribution in [-0.4, -0.2) is 52.2 Å². The summed E-state index contributed by atoms with van der Waals surface area (Å²) in [5, 5.41) is 4.55. The van der Waals surface area contributed by atoms with Crippen molar-refractivity contribution in [3.63, 3.8) is 0 Å². The van der Waals surface area contributed by atoms with Crippen molar-refractivity contribution in [3.05, 3.63) is 30.1 Å². The Kier molecular flexibility index (Phi) is 5.66. The number of ether oxygens (including phenoxy) is 1. The van der Waals surface area contributed by atoms with E-state index in [9.17, 15) is 9.59 Å². The average Bonchev–Trinajstić information content (AvgIpc) is 3.54. The van der Waals surface area contributed by atoms with Crippen LogP contribution in [0.25, 0.3) is 11.1 Å². The van der Waals surface area contributed by atoms with Crippen LogP contribution in [0.3, 0.4) is 0 Å². The predicted molar refractivity (Wildman–Crippen MR) is 123 cm³/mol. The molecule has 1 aromatic heterocycles. The Hall–Kier alpha value is -2.83. The first-order valence-corrected chi connectivity index (χ1v) is 11.9. The lowest BCUT2D eigenvalue weighted by Crippen LogP contribution is -2.41. The van der Waals surface area contributed by atoms with Crippen molar-refractivity contribution in [1.82, 2.24) is 14.7 Å². The van der Waals surface area contributed by atoms with Crippen LogP contribution in [0.1, 0.15) is 64.0 Å². The number of nitrogens with zero attached hydrogens (tertiary/aromatic N) is 4. The zero-order valence-corrected chi connectivity index (χ0v) is 19.0. The fraction of sp³-hybridized carbons (Fsp3) is 0.560. The summed E-state index contributed by atoms with van der Waals surface area (Å²) in [6.07, 6.45) is 11.3. The van der Waals surface area contributed by atoms with Gasteiger partial charge in [0, 0.05) is 48.9 Å². The Bertz CT molecular complexity index is 1020. The summed E-state index contributed by atoms with van der Waals surface area (Å²) in [6.45, 7) is 5.34. The second-order valence-corrected chi connectivity index (χ2v) is 9.39. The number of hydrogen-bond acceptors (Lipinski definition) is 4. The fourth-order valence-corrected chi connectivity index (χ4v) is 5.06. The molecule has 0 bridgehead atoms. The molecule has 3 heterocycles. The van der Waals surface area contributed by atoms with Gasteiger partial charge in [0.1, 0.15) is 5.75 Å². The van der Waals surface area contributed by atoms with Crippen molar-refractivity contribution >= 4 is 17.5 Å². The topological polar surface area (TPSA) is 67.7 Å². The van der Waals surface area contributed by atoms with E-state index in [4.69, 9.17) is 4.74 Å². The first-order chi connectivity index (χ1) is 15.5. The Morgan fingerprint density at radius 2 is 1.91 bits per heavy atom. The Labute approximate surface area is 189 Å². The van der Waals surface area contributed by atoms with Gasteiger partial charge in [0.05, 0.1) is 17.9 Å². The maximum atomic E-state index is 12.8. The number of fused-ring (bicyclic) bond motifs is 1. The number of piperidine rings is 1. The van der Waals surface area contributed by atoms with Crippen molar-refractivity contribution < 1.29 is 14.3 Å². The second-order valence-electron chi connectivity index (χ2n) is 9.39. The highest BCUT2D eigenvalue weighted by atomic mass is 16.5. The highest BCUT2D eigenvalue weighted by molar-refractivity contribution is 5.95. The summed E-state index contributed by atoms with van der Waals surface area (Å²) in [5.41, 5.74) is 3.85. The van der Waals surface area contributed by atoms with Crippen molar-refractivity contribution in [2.45, 2.75) is 70.9 Å². The molecule has 1 aliphatic carbocycles. The van der Waals surface area contributed by atoms with Gasteiger partial charge in [0.15, 0.2) is 6.61 Å². The van der Waals surface area contributed by atoms with Crippen LogP contribution in [0.5, 0.6) is 5.75 Å².